The first-order chi connectivity index (χ1) is 7.77. The van der Waals surface area contributed by atoms with Crippen molar-refractivity contribution in [3.05, 3.63) is 0 Å². The van der Waals surface area contributed by atoms with Gasteiger partial charge in [0, 0.05) is 18.6 Å². The summed E-state index contributed by atoms with van der Waals surface area (Å²) >= 11 is 0. The molecule has 0 radical (unpaired) electrons. The van der Waals surface area contributed by atoms with E-state index in [9.17, 15) is 4.79 Å². The second kappa shape index (κ2) is 5.78. The lowest BCUT2D eigenvalue weighted by Gasteiger charge is -2.31. The predicted octanol–water partition coefficient (Wildman–Crippen LogP) is 1.86. The summed E-state index contributed by atoms with van der Waals surface area (Å²) in [6.45, 7) is 2.04. The average Bonchev–Trinajstić information content (AvgIpc) is 2.83. The van der Waals surface area contributed by atoms with Gasteiger partial charge in [-0.05, 0) is 26.3 Å². The van der Waals surface area contributed by atoms with Crippen molar-refractivity contribution in [2.75, 3.05) is 26.8 Å². The zero-order chi connectivity index (χ0) is 11.4. The van der Waals surface area contributed by atoms with Gasteiger partial charge in [-0.1, -0.05) is 19.3 Å². The molecule has 1 saturated heterocycles. The highest BCUT2D eigenvalue weighted by molar-refractivity contribution is 5.83. The van der Waals surface area contributed by atoms with Gasteiger partial charge in [-0.15, -0.1) is 0 Å². The first-order valence-electron chi connectivity index (χ1n) is 6.58. The molecule has 2 aliphatic rings. The van der Waals surface area contributed by atoms with Gasteiger partial charge in [-0.25, -0.2) is 0 Å². The minimum Gasteiger partial charge on any atom is -0.381 e. The Bertz CT molecular complexity index is 230. The Hall–Kier alpha value is -0.410. The zero-order valence-electron chi connectivity index (χ0n) is 10.3. The van der Waals surface area contributed by atoms with Crippen molar-refractivity contribution in [1.29, 1.82) is 0 Å². The van der Waals surface area contributed by atoms with E-state index in [1.165, 1.54) is 32.1 Å². The summed E-state index contributed by atoms with van der Waals surface area (Å²) < 4.78 is 5.27. The summed E-state index contributed by atoms with van der Waals surface area (Å²) in [7, 11) is 2.10. The Kier molecular flexibility index (Phi) is 4.36. The van der Waals surface area contributed by atoms with E-state index in [0.717, 1.165) is 13.0 Å². The molecule has 0 spiro atoms. The number of rotatable bonds is 4. The Labute approximate surface area is 98.1 Å². The summed E-state index contributed by atoms with van der Waals surface area (Å²) in [6, 6.07) is 0.639. The first-order valence-corrected chi connectivity index (χ1v) is 6.58. The second-order valence-electron chi connectivity index (χ2n) is 5.23. The Morgan fingerprint density at radius 1 is 1.25 bits per heavy atom. The number of ether oxygens (including phenoxy) is 1. The summed E-state index contributed by atoms with van der Waals surface area (Å²) in [6.07, 6.45) is 7.49. The van der Waals surface area contributed by atoms with Gasteiger partial charge in [0.25, 0.3) is 0 Å². The summed E-state index contributed by atoms with van der Waals surface area (Å²) in [5.41, 5.74) is 0. The van der Waals surface area contributed by atoms with Crippen molar-refractivity contribution in [3.8, 4) is 0 Å². The van der Waals surface area contributed by atoms with Crippen LogP contribution in [0.2, 0.25) is 0 Å². The highest BCUT2D eigenvalue weighted by Crippen LogP contribution is 2.22. The van der Waals surface area contributed by atoms with Crippen LogP contribution in [-0.4, -0.2) is 43.5 Å². The first kappa shape index (κ1) is 12.1. The molecular formula is C13H23NO2. The summed E-state index contributed by atoms with van der Waals surface area (Å²) in [4.78, 5) is 14.2. The number of hydrogen-bond donors (Lipinski definition) is 0. The fraction of sp³-hybridized carbons (Fsp3) is 0.923. The molecular weight excluding hydrogens is 202 g/mol. The van der Waals surface area contributed by atoms with Crippen LogP contribution >= 0.6 is 0 Å². The number of nitrogens with zero attached hydrogens (tertiary/aromatic N) is 1. The van der Waals surface area contributed by atoms with Gasteiger partial charge in [0.05, 0.1) is 13.2 Å². The van der Waals surface area contributed by atoms with E-state index < -0.39 is 0 Å². The molecule has 1 heterocycles. The highest BCUT2D eigenvalue weighted by Gasteiger charge is 2.26. The molecule has 3 nitrogen and oxygen atoms in total. The van der Waals surface area contributed by atoms with Crippen LogP contribution in [0.5, 0.6) is 0 Å². The normalized spacial score (nSPS) is 27.5. The molecule has 0 aromatic heterocycles. The lowest BCUT2D eigenvalue weighted by Crippen LogP contribution is -2.39. The smallest absolute Gasteiger partial charge is 0.152 e. The van der Waals surface area contributed by atoms with E-state index in [-0.39, 0.29) is 5.92 Å². The molecule has 16 heavy (non-hydrogen) atoms. The molecule has 1 aliphatic heterocycles. The van der Waals surface area contributed by atoms with Crippen molar-refractivity contribution < 1.29 is 9.53 Å². The monoisotopic (exact) mass is 225 g/mol. The SMILES string of the molecule is CN(CC(=O)C1CCOC1)C1CCCCC1. The second-order valence-corrected chi connectivity index (χ2v) is 5.23. The fourth-order valence-corrected chi connectivity index (χ4v) is 2.81. The molecule has 0 N–H and O–H groups in total. The number of likely N-dealkylation sites (N-methyl/N-ethyl adjacent to an activating group) is 1. The van der Waals surface area contributed by atoms with Crippen LogP contribution in [0, 0.1) is 5.92 Å². The minimum absolute atomic E-state index is 0.172. The van der Waals surface area contributed by atoms with Gasteiger partial charge in [-0.2, -0.15) is 0 Å². The average molecular weight is 225 g/mol. The Balaban J connectivity index is 1.76. The largest absolute Gasteiger partial charge is 0.381 e. The van der Waals surface area contributed by atoms with Crippen LogP contribution in [-0.2, 0) is 9.53 Å². The summed E-state index contributed by atoms with van der Waals surface area (Å²) in [5, 5.41) is 0. The lowest BCUT2D eigenvalue weighted by atomic mass is 9.94. The van der Waals surface area contributed by atoms with Crippen molar-refractivity contribution >= 4 is 5.78 Å². The number of Topliss-reactive ketones (excluding diaryl/α,β-unsaturated/α-hetero) is 1. The quantitative estimate of drug-likeness (QED) is 0.731. The number of hydrogen-bond acceptors (Lipinski definition) is 3. The van der Waals surface area contributed by atoms with Crippen molar-refractivity contribution in [1.82, 2.24) is 4.90 Å². The van der Waals surface area contributed by atoms with Crippen LogP contribution in [0.1, 0.15) is 38.5 Å². The van der Waals surface area contributed by atoms with Crippen LogP contribution in [0.25, 0.3) is 0 Å². The topological polar surface area (TPSA) is 29.5 Å². The molecule has 1 saturated carbocycles. The number of carbonyl (C=O) groups excluding carboxylic acids is 1. The zero-order valence-corrected chi connectivity index (χ0v) is 10.3. The maximum absolute atomic E-state index is 12.0. The van der Waals surface area contributed by atoms with Gasteiger partial charge < -0.3 is 4.74 Å². The van der Waals surface area contributed by atoms with Gasteiger partial charge >= 0.3 is 0 Å². The molecule has 1 aliphatic carbocycles. The highest BCUT2D eigenvalue weighted by atomic mass is 16.5. The van der Waals surface area contributed by atoms with Crippen LogP contribution < -0.4 is 0 Å². The molecule has 3 heteroatoms. The molecule has 0 bridgehead atoms. The van der Waals surface area contributed by atoms with E-state index in [1.54, 1.807) is 0 Å². The molecule has 92 valence electrons. The van der Waals surface area contributed by atoms with Crippen LogP contribution in [0.15, 0.2) is 0 Å². The predicted molar refractivity (Wildman–Crippen MR) is 63.4 cm³/mol. The van der Waals surface area contributed by atoms with E-state index >= 15 is 0 Å². The van der Waals surface area contributed by atoms with E-state index in [2.05, 4.69) is 11.9 Å². The molecule has 1 atom stereocenters. The number of carbonyl (C=O) groups is 1. The van der Waals surface area contributed by atoms with E-state index in [4.69, 9.17) is 4.74 Å². The molecule has 0 aromatic carbocycles. The molecule has 2 fully saturated rings. The van der Waals surface area contributed by atoms with Gasteiger partial charge in [0.1, 0.15) is 0 Å². The van der Waals surface area contributed by atoms with Gasteiger partial charge in [0.15, 0.2) is 5.78 Å². The molecule has 0 aromatic rings. The van der Waals surface area contributed by atoms with Crippen molar-refractivity contribution in [3.63, 3.8) is 0 Å². The molecule has 1 unspecified atom stereocenters. The third-order valence-corrected chi connectivity index (χ3v) is 3.99. The van der Waals surface area contributed by atoms with Crippen LogP contribution in [0.3, 0.4) is 0 Å². The van der Waals surface area contributed by atoms with Crippen molar-refractivity contribution in [2.24, 2.45) is 5.92 Å². The lowest BCUT2D eigenvalue weighted by molar-refractivity contribution is -0.124. The molecule has 0 amide bonds. The third-order valence-electron chi connectivity index (χ3n) is 3.99. The summed E-state index contributed by atoms with van der Waals surface area (Å²) in [5.74, 6) is 0.552. The number of ketones is 1. The minimum atomic E-state index is 0.172. The maximum atomic E-state index is 12.0. The third kappa shape index (κ3) is 3.05. The van der Waals surface area contributed by atoms with E-state index in [0.29, 0.717) is 25.0 Å². The standard InChI is InChI=1S/C13H23NO2/c1-14(12-5-3-2-4-6-12)9-13(15)11-7-8-16-10-11/h11-12H,2-10H2,1H3. The Morgan fingerprint density at radius 3 is 2.62 bits per heavy atom. The van der Waals surface area contributed by atoms with Gasteiger partial charge in [0.2, 0.25) is 0 Å². The molecule has 2 rings (SSSR count). The van der Waals surface area contributed by atoms with E-state index in [1.807, 2.05) is 0 Å². The van der Waals surface area contributed by atoms with Gasteiger partial charge in [-0.3, -0.25) is 9.69 Å². The van der Waals surface area contributed by atoms with Crippen LogP contribution in [0.4, 0.5) is 0 Å². The maximum Gasteiger partial charge on any atom is 0.152 e. The fourth-order valence-electron chi connectivity index (χ4n) is 2.81. The Morgan fingerprint density at radius 2 is 2.00 bits per heavy atom. The van der Waals surface area contributed by atoms with Crippen molar-refractivity contribution in [2.45, 2.75) is 44.6 Å².